The van der Waals surface area contributed by atoms with Gasteiger partial charge in [-0.05, 0) is 13.3 Å². The first kappa shape index (κ1) is 13.5. The van der Waals surface area contributed by atoms with E-state index in [2.05, 4.69) is 10.1 Å². The topological polar surface area (TPSA) is 50.9 Å². The monoisotopic (exact) mass is 285 g/mol. The van der Waals surface area contributed by atoms with Crippen LogP contribution in [0.1, 0.15) is 35.0 Å². The third-order valence-electron chi connectivity index (χ3n) is 2.97. The summed E-state index contributed by atoms with van der Waals surface area (Å²) in [4.78, 5) is 5.04. The number of nitrogens with zero attached hydrogens (tertiary/aromatic N) is 3. The predicted octanol–water partition coefficient (Wildman–Crippen LogP) is 2.68. The summed E-state index contributed by atoms with van der Waals surface area (Å²) in [6.07, 6.45) is 0.684. The molecule has 1 atom stereocenters. The molecule has 2 aromatic heterocycles. The quantitative estimate of drug-likeness (QED) is 0.940. The zero-order valence-corrected chi connectivity index (χ0v) is 12.2. The van der Waals surface area contributed by atoms with Crippen LogP contribution in [0.2, 0.25) is 5.02 Å². The first-order valence-corrected chi connectivity index (χ1v) is 7.08. The number of aliphatic hydroxyl groups is 1. The SMILES string of the molecule is CCc1nn(C)c(CC(O)c2scnc2C)c1Cl. The molecule has 0 aromatic carbocycles. The van der Waals surface area contributed by atoms with Crippen molar-refractivity contribution in [3.8, 4) is 0 Å². The third kappa shape index (κ3) is 2.43. The Balaban J connectivity index is 2.24. The minimum Gasteiger partial charge on any atom is -0.387 e. The largest absolute Gasteiger partial charge is 0.387 e. The smallest absolute Gasteiger partial charge is 0.0956 e. The lowest BCUT2D eigenvalue weighted by Crippen LogP contribution is -2.06. The molecule has 0 aliphatic rings. The summed E-state index contributed by atoms with van der Waals surface area (Å²) in [5.41, 5.74) is 4.37. The van der Waals surface area contributed by atoms with Gasteiger partial charge in [0.15, 0.2) is 0 Å². The fourth-order valence-corrected chi connectivity index (χ4v) is 3.11. The number of thiazole rings is 1. The highest BCUT2D eigenvalue weighted by Crippen LogP contribution is 2.29. The second kappa shape index (κ2) is 5.38. The van der Waals surface area contributed by atoms with Crippen molar-refractivity contribution >= 4 is 22.9 Å². The Hall–Kier alpha value is -0.910. The molecule has 98 valence electrons. The minimum absolute atomic E-state index is 0.464. The number of hydrogen-bond acceptors (Lipinski definition) is 4. The molecule has 4 nitrogen and oxygen atoms in total. The molecule has 0 bridgehead atoms. The Morgan fingerprint density at radius 3 is 2.78 bits per heavy atom. The molecule has 0 spiro atoms. The second-order valence-corrected chi connectivity index (χ2v) is 5.47. The van der Waals surface area contributed by atoms with Crippen LogP contribution in [0.3, 0.4) is 0 Å². The van der Waals surface area contributed by atoms with Gasteiger partial charge in [-0.25, -0.2) is 4.98 Å². The first-order chi connectivity index (χ1) is 8.54. The van der Waals surface area contributed by atoms with E-state index in [1.54, 1.807) is 10.2 Å². The van der Waals surface area contributed by atoms with E-state index in [-0.39, 0.29) is 0 Å². The summed E-state index contributed by atoms with van der Waals surface area (Å²) in [5.74, 6) is 0. The standard InChI is InChI=1S/C12H16ClN3OS/c1-4-8-11(13)9(16(3)15-8)5-10(17)12-7(2)14-6-18-12/h6,10,17H,4-5H2,1-3H3. The minimum atomic E-state index is -0.574. The van der Waals surface area contributed by atoms with Crippen LogP contribution < -0.4 is 0 Å². The summed E-state index contributed by atoms with van der Waals surface area (Å²) in [5, 5.41) is 15.3. The van der Waals surface area contributed by atoms with Crippen LogP contribution in [-0.2, 0) is 19.9 Å². The molecule has 0 aliphatic carbocycles. The highest BCUT2D eigenvalue weighted by Gasteiger charge is 2.19. The molecule has 0 aliphatic heterocycles. The van der Waals surface area contributed by atoms with Gasteiger partial charge in [0.25, 0.3) is 0 Å². The van der Waals surface area contributed by atoms with Gasteiger partial charge in [-0.3, -0.25) is 4.68 Å². The van der Waals surface area contributed by atoms with Crippen molar-refractivity contribution in [1.82, 2.24) is 14.8 Å². The Labute approximate surface area is 115 Å². The Morgan fingerprint density at radius 2 is 2.28 bits per heavy atom. The molecule has 18 heavy (non-hydrogen) atoms. The van der Waals surface area contributed by atoms with Crippen molar-refractivity contribution < 1.29 is 5.11 Å². The fourth-order valence-electron chi connectivity index (χ4n) is 1.95. The average Bonchev–Trinajstić information content (AvgIpc) is 2.87. The zero-order valence-electron chi connectivity index (χ0n) is 10.6. The van der Waals surface area contributed by atoms with Gasteiger partial charge in [0, 0.05) is 13.5 Å². The molecule has 0 saturated heterocycles. The van der Waals surface area contributed by atoms with E-state index in [0.29, 0.717) is 11.4 Å². The van der Waals surface area contributed by atoms with E-state index in [1.807, 2.05) is 20.9 Å². The van der Waals surface area contributed by atoms with Crippen LogP contribution in [0.4, 0.5) is 0 Å². The van der Waals surface area contributed by atoms with Crippen LogP contribution in [0.15, 0.2) is 5.51 Å². The molecule has 0 saturated carbocycles. The summed E-state index contributed by atoms with van der Waals surface area (Å²) >= 11 is 7.74. The maximum Gasteiger partial charge on any atom is 0.0956 e. The van der Waals surface area contributed by atoms with Crippen LogP contribution in [0.5, 0.6) is 0 Å². The van der Waals surface area contributed by atoms with Gasteiger partial charge in [0.2, 0.25) is 0 Å². The molecule has 2 rings (SSSR count). The molecule has 1 N–H and O–H groups in total. The predicted molar refractivity (Wildman–Crippen MR) is 73.1 cm³/mol. The summed E-state index contributed by atoms with van der Waals surface area (Å²) in [6, 6.07) is 0. The van der Waals surface area contributed by atoms with E-state index in [9.17, 15) is 5.11 Å². The van der Waals surface area contributed by atoms with E-state index in [1.165, 1.54) is 11.3 Å². The van der Waals surface area contributed by atoms with Gasteiger partial charge < -0.3 is 5.11 Å². The molecular weight excluding hydrogens is 270 g/mol. The molecular formula is C12H16ClN3OS. The van der Waals surface area contributed by atoms with Crippen molar-refractivity contribution in [2.24, 2.45) is 7.05 Å². The molecule has 2 aromatic rings. The van der Waals surface area contributed by atoms with E-state index in [4.69, 9.17) is 11.6 Å². The van der Waals surface area contributed by atoms with Gasteiger partial charge in [-0.2, -0.15) is 5.10 Å². The van der Waals surface area contributed by atoms with Crippen molar-refractivity contribution in [2.75, 3.05) is 0 Å². The Bertz CT molecular complexity index is 550. The normalized spacial score (nSPS) is 12.9. The zero-order chi connectivity index (χ0) is 13.3. The third-order valence-corrected chi connectivity index (χ3v) is 4.44. The number of halogens is 1. The van der Waals surface area contributed by atoms with Crippen molar-refractivity contribution in [3.05, 3.63) is 32.5 Å². The average molecular weight is 286 g/mol. The number of hydrogen-bond donors (Lipinski definition) is 1. The maximum atomic E-state index is 10.2. The summed E-state index contributed by atoms with van der Waals surface area (Å²) < 4.78 is 1.75. The molecule has 0 radical (unpaired) electrons. The van der Waals surface area contributed by atoms with Crippen LogP contribution in [0, 0.1) is 6.92 Å². The van der Waals surface area contributed by atoms with Crippen LogP contribution >= 0.6 is 22.9 Å². The molecule has 0 amide bonds. The molecule has 1 unspecified atom stereocenters. The van der Waals surface area contributed by atoms with Crippen LogP contribution in [-0.4, -0.2) is 19.9 Å². The van der Waals surface area contributed by atoms with Crippen LogP contribution in [0.25, 0.3) is 0 Å². The van der Waals surface area contributed by atoms with Crippen molar-refractivity contribution in [1.29, 1.82) is 0 Å². The van der Waals surface area contributed by atoms with E-state index < -0.39 is 6.10 Å². The number of rotatable bonds is 4. The first-order valence-electron chi connectivity index (χ1n) is 5.82. The lowest BCUT2D eigenvalue weighted by Gasteiger charge is -2.10. The highest BCUT2D eigenvalue weighted by molar-refractivity contribution is 7.09. The van der Waals surface area contributed by atoms with Crippen molar-refractivity contribution in [2.45, 2.75) is 32.8 Å². The number of aliphatic hydroxyl groups excluding tert-OH is 1. The highest BCUT2D eigenvalue weighted by atomic mass is 35.5. The Morgan fingerprint density at radius 1 is 1.56 bits per heavy atom. The van der Waals surface area contributed by atoms with Gasteiger partial charge in [-0.1, -0.05) is 18.5 Å². The van der Waals surface area contributed by atoms with Gasteiger partial charge >= 0.3 is 0 Å². The lowest BCUT2D eigenvalue weighted by atomic mass is 10.1. The number of aromatic nitrogens is 3. The van der Waals surface area contributed by atoms with Gasteiger partial charge in [-0.15, -0.1) is 11.3 Å². The molecule has 6 heteroatoms. The number of aryl methyl sites for hydroxylation is 3. The molecule has 2 heterocycles. The maximum absolute atomic E-state index is 10.2. The van der Waals surface area contributed by atoms with E-state index in [0.717, 1.165) is 28.4 Å². The van der Waals surface area contributed by atoms with E-state index >= 15 is 0 Å². The summed E-state index contributed by atoms with van der Waals surface area (Å²) in [7, 11) is 1.85. The van der Waals surface area contributed by atoms with Crippen molar-refractivity contribution in [3.63, 3.8) is 0 Å². The van der Waals surface area contributed by atoms with Gasteiger partial charge in [0.1, 0.15) is 0 Å². The summed E-state index contributed by atoms with van der Waals surface area (Å²) in [6.45, 7) is 3.92. The lowest BCUT2D eigenvalue weighted by molar-refractivity contribution is 0.178. The fraction of sp³-hybridized carbons (Fsp3) is 0.500. The Kier molecular flexibility index (Phi) is 4.04. The second-order valence-electron chi connectivity index (χ2n) is 4.21. The van der Waals surface area contributed by atoms with Gasteiger partial charge in [0.05, 0.1) is 38.6 Å². The molecule has 0 fully saturated rings.